The molecule has 0 amide bonds. The fraction of sp³-hybridized carbons (Fsp3) is 0.400. The van der Waals surface area contributed by atoms with Crippen molar-refractivity contribution in [1.29, 1.82) is 0 Å². The number of nitrogens with two attached hydrogens (primary N) is 1. The van der Waals surface area contributed by atoms with Crippen LogP contribution in [0.4, 0.5) is 0 Å². The topological polar surface area (TPSA) is 65.2 Å². The number of carbonyl (C=O) groups excluding carboxylic acids is 1. The Labute approximate surface area is 107 Å². The van der Waals surface area contributed by atoms with E-state index in [4.69, 9.17) is 10.5 Å². The van der Waals surface area contributed by atoms with Crippen LogP contribution < -0.4 is 5.73 Å². The normalized spacial score (nSPS) is 10.6. The summed E-state index contributed by atoms with van der Waals surface area (Å²) in [5.74, 6) is -0.373. The van der Waals surface area contributed by atoms with Crippen LogP contribution in [0, 0.1) is 0 Å². The van der Waals surface area contributed by atoms with Gasteiger partial charge >= 0.3 is 5.97 Å². The molecule has 0 aliphatic heterocycles. The number of aromatic nitrogens is 1. The van der Waals surface area contributed by atoms with E-state index >= 15 is 0 Å². The summed E-state index contributed by atoms with van der Waals surface area (Å²) >= 11 is 0. The molecule has 1 aromatic heterocycles. The van der Waals surface area contributed by atoms with Crippen molar-refractivity contribution in [2.45, 2.75) is 19.4 Å². The van der Waals surface area contributed by atoms with E-state index in [0.717, 1.165) is 6.42 Å². The Morgan fingerprint density at radius 3 is 2.75 bits per heavy atom. The summed E-state index contributed by atoms with van der Waals surface area (Å²) in [4.78, 5) is 15.2. The molecule has 0 aliphatic carbocycles. The van der Waals surface area contributed by atoms with Crippen LogP contribution in [0.5, 0.6) is 0 Å². The maximum atomic E-state index is 11.3. The van der Waals surface area contributed by atoms with E-state index in [-0.39, 0.29) is 43.4 Å². The fourth-order valence-corrected chi connectivity index (χ4v) is 0.867. The monoisotopic (exact) mass is 266 g/mol. The molecule has 0 saturated heterocycles. The van der Waals surface area contributed by atoms with Crippen LogP contribution in [0.25, 0.3) is 0 Å². The van der Waals surface area contributed by atoms with Crippen LogP contribution in [0.1, 0.15) is 23.7 Å². The summed E-state index contributed by atoms with van der Waals surface area (Å²) in [5.41, 5.74) is 6.06. The van der Waals surface area contributed by atoms with Crippen molar-refractivity contribution in [2.24, 2.45) is 5.73 Å². The molecule has 0 aliphatic rings. The standard InChI is InChI=1S/C10H14N2O2.2ClH/c1-2-9(11)7-14-10(13)8-4-3-5-12-6-8;;/h3-6,9H,2,7,11H2,1H3;2*1H. The van der Waals surface area contributed by atoms with Gasteiger partial charge < -0.3 is 10.5 Å². The molecule has 16 heavy (non-hydrogen) atoms. The summed E-state index contributed by atoms with van der Waals surface area (Å²) < 4.78 is 4.98. The molecule has 1 unspecified atom stereocenters. The Hall–Kier alpha value is -0.840. The Bertz CT molecular complexity index is 296. The van der Waals surface area contributed by atoms with E-state index in [2.05, 4.69) is 4.98 Å². The summed E-state index contributed by atoms with van der Waals surface area (Å²) in [6, 6.07) is 3.26. The van der Waals surface area contributed by atoms with E-state index in [1.165, 1.54) is 6.20 Å². The highest BCUT2D eigenvalue weighted by molar-refractivity contribution is 5.88. The Morgan fingerprint density at radius 2 is 2.25 bits per heavy atom. The van der Waals surface area contributed by atoms with Crippen LogP contribution in [0.2, 0.25) is 0 Å². The molecule has 6 heteroatoms. The molecule has 0 fully saturated rings. The molecule has 0 spiro atoms. The van der Waals surface area contributed by atoms with E-state index in [1.807, 2.05) is 6.92 Å². The van der Waals surface area contributed by atoms with Crippen LogP contribution in [0.15, 0.2) is 24.5 Å². The molecule has 0 aromatic carbocycles. The lowest BCUT2D eigenvalue weighted by Crippen LogP contribution is -2.26. The van der Waals surface area contributed by atoms with Gasteiger partial charge in [-0.05, 0) is 18.6 Å². The third-order valence-electron chi connectivity index (χ3n) is 1.85. The molecule has 0 saturated carbocycles. The number of hydrogen-bond acceptors (Lipinski definition) is 4. The highest BCUT2D eigenvalue weighted by atomic mass is 35.5. The molecule has 1 atom stereocenters. The van der Waals surface area contributed by atoms with E-state index < -0.39 is 0 Å². The van der Waals surface area contributed by atoms with Crippen molar-refractivity contribution in [3.8, 4) is 0 Å². The van der Waals surface area contributed by atoms with Crippen LogP contribution in [-0.4, -0.2) is 23.6 Å². The zero-order valence-corrected chi connectivity index (χ0v) is 10.6. The Kier molecular flexibility index (Phi) is 10.3. The van der Waals surface area contributed by atoms with Crippen molar-refractivity contribution in [3.63, 3.8) is 0 Å². The van der Waals surface area contributed by atoms with Crippen molar-refractivity contribution in [3.05, 3.63) is 30.1 Å². The number of pyridine rings is 1. The first-order chi connectivity index (χ1) is 6.74. The molecule has 1 heterocycles. The van der Waals surface area contributed by atoms with Gasteiger partial charge in [0, 0.05) is 18.4 Å². The van der Waals surface area contributed by atoms with Gasteiger partial charge in [0.15, 0.2) is 0 Å². The number of halogens is 2. The van der Waals surface area contributed by atoms with Gasteiger partial charge in [-0.2, -0.15) is 0 Å². The van der Waals surface area contributed by atoms with Gasteiger partial charge in [0.05, 0.1) is 5.56 Å². The molecule has 92 valence electrons. The van der Waals surface area contributed by atoms with E-state index in [0.29, 0.717) is 5.56 Å². The zero-order chi connectivity index (χ0) is 10.4. The van der Waals surface area contributed by atoms with Gasteiger partial charge in [0.1, 0.15) is 6.61 Å². The molecule has 2 N–H and O–H groups in total. The second-order valence-electron chi connectivity index (χ2n) is 3.01. The van der Waals surface area contributed by atoms with Crippen molar-refractivity contribution in [2.75, 3.05) is 6.61 Å². The molecular weight excluding hydrogens is 251 g/mol. The van der Waals surface area contributed by atoms with Gasteiger partial charge in [-0.1, -0.05) is 6.92 Å². The van der Waals surface area contributed by atoms with Crippen LogP contribution in [0.3, 0.4) is 0 Å². The molecule has 0 bridgehead atoms. The predicted molar refractivity (Wildman–Crippen MR) is 67.3 cm³/mol. The first-order valence-corrected chi connectivity index (χ1v) is 4.56. The number of carbonyl (C=O) groups is 1. The fourth-order valence-electron chi connectivity index (χ4n) is 0.867. The quantitative estimate of drug-likeness (QED) is 0.845. The average molecular weight is 267 g/mol. The molecule has 1 aromatic rings. The predicted octanol–water partition coefficient (Wildman–Crippen LogP) is 1.82. The number of ether oxygens (including phenoxy) is 1. The van der Waals surface area contributed by atoms with Gasteiger partial charge in [0.2, 0.25) is 0 Å². The SMILES string of the molecule is CCC(N)COC(=O)c1cccnc1.Cl.Cl. The first kappa shape index (κ1) is 17.6. The number of hydrogen-bond donors (Lipinski definition) is 1. The lowest BCUT2D eigenvalue weighted by Gasteiger charge is -2.09. The van der Waals surface area contributed by atoms with Crippen molar-refractivity contribution in [1.82, 2.24) is 4.98 Å². The Balaban J connectivity index is 0. The third-order valence-corrected chi connectivity index (χ3v) is 1.85. The summed E-state index contributed by atoms with van der Waals surface area (Å²) in [7, 11) is 0. The summed E-state index contributed by atoms with van der Waals surface area (Å²) in [6.45, 7) is 2.20. The summed E-state index contributed by atoms with van der Waals surface area (Å²) in [5, 5.41) is 0. The van der Waals surface area contributed by atoms with E-state index in [9.17, 15) is 4.79 Å². The minimum atomic E-state index is -0.373. The second-order valence-corrected chi connectivity index (χ2v) is 3.01. The minimum absolute atomic E-state index is 0. The largest absolute Gasteiger partial charge is 0.460 e. The maximum Gasteiger partial charge on any atom is 0.339 e. The maximum absolute atomic E-state index is 11.3. The van der Waals surface area contributed by atoms with Gasteiger partial charge in [-0.15, -0.1) is 24.8 Å². The zero-order valence-electron chi connectivity index (χ0n) is 8.96. The molecule has 1 rings (SSSR count). The molecule has 4 nitrogen and oxygen atoms in total. The highest BCUT2D eigenvalue weighted by Crippen LogP contribution is 1.99. The number of rotatable bonds is 4. The Morgan fingerprint density at radius 1 is 1.56 bits per heavy atom. The second kappa shape index (κ2) is 9.39. The highest BCUT2D eigenvalue weighted by Gasteiger charge is 2.08. The number of nitrogens with zero attached hydrogens (tertiary/aromatic N) is 1. The van der Waals surface area contributed by atoms with Gasteiger partial charge in [-0.3, -0.25) is 4.98 Å². The lowest BCUT2D eigenvalue weighted by molar-refractivity contribution is 0.0479. The number of esters is 1. The van der Waals surface area contributed by atoms with Gasteiger partial charge in [-0.25, -0.2) is 4.79 Å². The van der Waals surface area contributed by atoms with Crippen LogP contribution in [-0.2, 0) is 4.74 Å². The lowest BCUT2D eigenvalue weighted by atomic mass is 10.2. The molecular formula is C10H16Cl2N2O2. The van der Waals surface area contributed by atoms with Crippen molar-refractivity contribution < 1.29 is 9.53 Å². The van der Waals surface area contributed by atoms with Crippen LogP contribution >= 0.6 is 24.8 Å². The summed E-state index contributed by atoms with van der Waals surface area (Å²) in [6.07, 6.45) is 3.87. The average Bonchev–Trinajstić information content (AvgIpc) is 2.26. The first-order valence-electron chi connectivity index (χ1n) is 4.56. The third kappa shape index (κ3) is 5.90. The minimum Gasteiger partial charge on any atom is -0.460 e. The molecule has 0 radical (unpaired) electrons. The smallest absolute Gasteiger partial charge is 0.339 e. The van der Waals surface area contributed by atoms with Gasteiger partial charge in [0.25, 0.3) is 0 Å². The van der Waals surface area contributed by atoms with E-state index in [1.54, 1.807) is 18.3 Å². The van der Waals surface area contributed by atoms with Crippen molar-refractivity contribution >= 4 is 30.8 Å².